The first-order valence-corrected chi connectivity index (χ1v) is 6.20. The van der Waals surface area contributed by atoms with Crippen molar-refractivity contribution in [3.63, 3.8) is 0 Å². The number of hydrogen-bond donors (Lipinski definition) is 2. The van der Waals surface area contributed by atoms with Gasteiger partial charge in [0.2, 0.25) is 0 Å². The Morgan fingerprint density at radius 3 is 2.70 bits per heavy atom. The van der Waals surface area contributed by atoms with E-state index in [2.05, 4.69) is 10.4 Å². The maximum Gasteiger partial charge on any atom is 0.257 e. The lowest BCUT2D eigenvalue weighted by Gasteiger charge is -2.12. The number of hydrogen-bond acceptors (Lipinski definition) is 3. The third kappa shape index (κ3) is 3.30. The molecule has 6 heteroatoms. The van der Waals surface area contributed by atoms with Crippen molar-refractivity contribution in [1.29, 1.82) is 0 Å². The normalized spacial score (nSPS) is 10.2. The zero-order chi connectivity index (χ0) is 14.0. The van der Waals surface area contributed by atoms with Crippen LogP contribution in [0.3, 0.4) is 0 Å². The Balaban J connectivity index is 0.00000200. The van der Waals surface area contributed by atoms with Gasteiger partial charge in [-0.1, -0.05) is 6.07 Å². The molecule has 0 saturated heterocycles. The average Bonchev–Trinajstić information content (AvgIpc) is 2.80. The van der Waals surface area contributed by atoms with Crippen LogP contribution in [0.25, 0.3) is 0 Å². The fourth-order valence-electron chi connectivity index (χ4n) is 1.89. The third-order valence-corrected chi connectivity index (χ3v) is 2.91. The molecule has 0 saturated carbocycles. The van der Waals surface area contributed by atoms with Gasteiger partial charge < -0.3 is 11.1 Å². The highest BCUT2D eigenvalue weighted by molar-refractivity contribution is 6.05. The molecule has 1 amide bonds. The van der Waals surface area contributed by atoms with Gasteiger partial charge in [0.1, 0.15) is 5.82 Å². The quantitative estimate of drug-likeness (QED) is 0.855. The number of aromatic nitrogens is 2. The highest BCUT2D eigenvalue weighted by Gasteiger charge is 2.13. The van der Waals surface area contributed by atoms with Crippen LogP contribution in [0.15, 0.2) is 30.5 Å². The van der Waals surface area contributed by atoms with Gasteiger partial charge >= 0.3 is 0 Å². The van der Waals surface area contributed by atoms with Crippen LogP contribution in [0.5, 0.6) is 0 Å². The summed E-state index contributed by atoms with van der Waals surface area (Å²) in [5, 5.41) is 7.04. The molecule has 0 unspecified atom stereocenters. The lowest BCUT2D eigenvalue weighted by Crippen LogP contribution is -2.17. The van der Waals surface area contributed by atoms with E-state index in [1.54, 1.807) is 29.1 Å². The summed E-state index contributed by atoms with van der Waals surface area (Å²) in [4.78, 5) is 12.3. The van der Waals surface area contributed by atoms with E-state index in [-0.39, 0.29) is 24.4 Å². The number of rotatable bonds is 3. The molecular weight excluding hydrogens is 276 g/mol. The fraction of sp³-hybridized carbons (Fsp3) is 0.286. The number of aryl methyl sites for hydroxylation is 1. The number of carbonyl (C=O) groups excluding carboxylic acids is 1. The second-order valence-electron chi connectivity index (χ2n) is 4.78. The van der Waals surface area contributed by atoms with Gasteiger partial charge in [0.25, 0.3) is 5.91 Å². The summed E-state index contributed by atoms with van der Waals surface area (Å²) >= 11 is 0. The summed E-state index contributed by atoms with van der Waals surface area (Å²) < 4.78 is 1.76. The molecule has 1 aromatic heterocycles. The summed E-state index contributed by atoms with van der Waals surface area (Å²) in [5.74, 6) is 0.508. The summed E-state index contributed by atoms with van der Waals surface area (Å²) in [6.45, 7) is 5.90. The van der Waals surface area contributed by atoms with Crippen LogP contribution in [-0.4, -0.2) is 15.7 Å². The van der Waals surface area contributed by atoms with E-state index in [1.807, 2.05) is 26.8 Å². The van der Waals surface area contributed by atoms with Crippen LogP contribution in [0.1, 0.15) is 35.8 Å². The lowest BCUT2D eigenvalue weighted by atomic mass is 10.1. The summed E-state index contributed by atoms with van der Waals surface area (Å²) in [7, 11) is 0. The minimum absolute atomic E-state index is 0. The molecule has 2 aromatic rings. The van der Waals surface area contributed by atoms with Gasteiger partial charge in [0.15, 0.2) is 0 Å². The van der Waals surface area contributed by atoms with Crippen LogP contribution < -0.4 is 11.1 Å². The first kappa shape index (κ1) is 16.0. The number of nitrogen functional groups attached to an aromatic ring is 1. The second kappa shape index (κ2) is 6.43. The Kier molecular flexibility index (Phi) is 5.16. The first-order chi connectivity index (χ1) is 8.99. The van der Waals surface area contributed by atoms with Gasteiger partial charge in [-0.05, 0) is 38.5 Å². The zero-order valence-corrected chi connectivity index (χ0v) is 12.6. The van der Waals surface area contributed by atoms with Crippen molar-refractivity contribution >= 4 is 29.8 Å². The van der Waals surface area contributed by atoms with Gasteiger partial charge in [-0.2, -0.15) is 5.10 Å². The van der Waals surface area contributed by atoms with E-state index < -0.39 is 0 Å². The van der Waals surface area contributed by atoms with E-state index in [0.717, 1.165) is 5.56 Å². The van der Waals surface area contributed by atoms with E-state index in [9.17, 15) is 4.79 Å². The van der Waals surface area contributed by atoms with Gasteiger partial charge in [-0.3, -0.25) is 4.79 Å². The first-order valence-electron chi connectivity index (χ1n) is 6.20. The smallest absolute Gasteiger partial charge is 0.257 e. The molecule has 108 valence electrons. The van der Waals surface area contributed by atoms with Gasteiger partial charge in [-0.15, -0.1) is 12.4 Å². The van der Waals surface area contributed by atoms with E-state index in [0.29, 0.717) is 17.1 Å². The fourth-order valence-corrected chi connectivity index (χ4v) is 1.89. The molecule has 1 heterocycles. The molecule has 0 spiro atoms. The topological polar surface area (TPSA) is 72.9 Å². The van der Waals surface area contributed by atoms with E-state index in [4.69, 9.17) is 5.73 Å². The monoisotopic (exact) mass is 294 g/mol. The van der Waals surface area contributed by atoms with Crippen molar-refractivity contribution < 1.29 is 4.79 Å². The highest BCUT2D eigenvalue weighted by Crippen LogP contribution is 2.17. The molecule has 5 nitrogen and oxygen atoms in total. The molecule has 0 aliphatic heterocycles. The van der Waals surface area contributed by atoms with Crippen molar-refractivity contribution in [2.45, 2.75) is 26.8 Å². The SMILES string of the molecule is Cc1ccc(N)cc1C(=O)Nc1ccnn1C(C)C.Cl. The second-order valence-corrected chi connectivity index (χ2v) is 4.78. The predicted octanol–water partition coefficient (Wildman–Crippen LogP) is 3.03. The molecule has 1 aromatic carbocycles. The Bertz CT molecular complexity index is 607. The number of carbonyl (C=O) groups is 1. The number of nitrogens with zero attached hydrogens (tertiary/aromatic N) is 2. The summed E-state index contributed by atoms with van der Waals surface area (Å²) in [6, 6.07) is 7.27. The molecule has 2 rings (SSSR count). The minimum atomic E-state index is -0.174. The van der Waals surface area contributed by atoms with Crippen molar-refractivity contribution in [2.24, 2.45) is 0 Å². The Morgan fingerprint density at radius 2 is 2.05 bits per heavy atom. The largest absolute Gasteiger partial charge is 0.399 e. The molecular formula is C14H19ClN4O. The number of amides is 1. The summed E-state index contributed by atoms with van der Waals surface area (Å²) in [6.07, 6.45) is 1.67. The number of nitrogens with two attached hydrogens (primary N) is 1. The van der Waals surface area contributed by atoms with Gasteiger partial charge in [0.05, 0.1) is 6.20 Å². The molecule has 0 aliphatic carbocycles. The van der Waals surface area contributed by atoms with Crippen LogP contribution in [-0.2, 0) is 0 Å². The third-order valence-electron chi connectivity index (χ3n) is 2.91. The van der Waals surface area contributed by atoms with E-state index >= 15 is 0 Å². The predicted molar refractivity (Wildman–Crippen MR) is 83.4 cm³/mol. The molecule has 0 bridgehead atoms. The number of anilines is 2. The molecule has 0 fully saturated rings. The van der Waals surface area contributed by atoms with Crippen LogP contribution in [0.4, 0.5) is 11.5 Å². The standard InChI is InChI=1S/C14H18N4O.ClH/c1-9(2)18-13(6-7-16-18)17-14(19)12-8-11(15)5-4-10(12)3;/h4-9H,15H2,1-3H3,(H,17,19);1H. The molecule has 0 radical (unpaired) electrons. The number of nitrogens with one attached hydrogen (secondary N) is 1. The van der Waals surface area contributed by atoms with Crippen LogP contribution >= 0.6 is 12.4 Å². The van der Waals surface area contributed by atoms with Crippen molar-refractivity contribution in [1.82, 2.24) is 9.78 Å². The minimum Gasteiger partial charge on any atom is -0.399 e. The van der Waals surface area contributed by atoms with Crippen molar-refractivity contribution in [2.75, 3.05) is 11.1 Å². The van der Waals surface area contributed by atoms with Crippen molar-refractivity contribution in [3.05, 3.63) is 41.6 Å². The Labute approximate surface area is 124 Å². The van der Waals surface area contributed by atoms with Crippen LogP contribution in [0, 0.1) is 6.92 Å². The average molecular weight is 295 g/mol. The Hall–Kier alpha value is -2.01. The lowest BCUT2D eigenvalue weighted by molar-refractivity contribution is 0.102. The Morgan fingerprint density at radius 1 is 1.35 bits per heavy atom. The van der Waals surface area contributed by atoms with Gasteiger partial charge in [0, 0.05) is 23.4 Å². The molecule has 0 atom stereocenters. The zero-order valence-electron chi connectivity index (χ0n) is 11.8. The maximum absolute atomic E-state index is 12.3. The van der Waals surface area contributed by atoms with Crippen LogP contribution in [0.2, 0.25) is 0 Å². The van der Waals surface area contributed by atoms with Crippen molar-refractivity contribution in [3.8, 4) is 0 Å². The molecule has 0 aliphatic rings. The summed E-state index contributed by atoms with van der Waals surface area (Å²) in [5.41, 5.74) is 7.77. The highest BCUT2D eigenvalue weighted by atomic mass is 35.5. The molecule has 3 N–H and O–H groups in total. The van der Waals surface area contributed by atoms with E-state index in [1.165, 1.54) is 0 Å². The number of benzene rings is 1. The van der Waals surface area contributed by atoms with Gasteiger partial charge in [-0.25, -0.2) is 4.68 Å². The molecule has 20 heavy (non-hydrogen) atoms. The number of halogens is 1. The maximum atomic E-state index is 12.3.